The monoisotopic (exact) mass is 619 g/mol. The van der Waals surface area contributed by atoms with Crippen LogP contribution in [0.4, 0.5) is 17.2 Å². The van der Waals surface area contributed by atoms with Crippen LogP contribution in [0.3, 0.4) is 0 Å². The molecule has 2 aromatic carbocycles. The third-order valence-electron chi connectivity index (χ3n) is 6.54. The van der Waals surface area contributed by atoms with E-state index in [0.29, 0.717) is 82.0 Å². The molecule has 45 heavy (non-hydrogen) atoms. The molecule has 0 bridgehead atoms. The van der Waals surface area contributed by atoms with E-state index in [4.69, 9.17) is 18.9 Å². The fraction of sp³-hybridized carbons (Fsp3) is 0.394. The molecule has 3 aromatic rings. The van der Waals surface area contributed by atoms with Gasteiger partial charge in [0.05, 0.1) is 46.1 Å². The molecular formula is C33H41N5O7. The van der Waals surface area contributed by atoms with Gasteiger partial charge in [-0.3, -0.25) is 14.4 Å². The summed E-state index contributed by atoms with van der Waals surface area (Å²) in [5, 5.41) is 11.7. The van der Waals surface area contributed by atoms with Crippen LogP contribution in [0.2, 0.25) is 0 Å². The summed E-state index contributed by atoms with van der Waals surface area (Å²) in [5.74, 6) is 0.843. The normalized spacial score (nSPS) is 12.0. The summed E-state index contributed by atoms with van der Waals surface area (Å²) in [7, 11) is 0. The van der Waals surface area contributed by atoms with Crippen LogP contribution in [-0.2, 0) is 30.2 Å². The molecule has 12 nitrogen and oxygen atoms in total. The first-order chi connectivity index (χ1) is 21.8. The van der Waals surface area contributed by atoms with Crippen molar-refractivity contribution in [3.8, 4) is 16.9 Å². The molecule has 1 aliphatic rings. The molecule has 0 saturated heterocycles. The average Bonchev–Trinajstić information content (AvgIpc) is 3.39. The molecule has 0 radical (unpaired) electrons. The highest BCUT2D eigenvalue weighted by Crippen LogP contribution is 2.31. The van der Waals surface area contributed by atoms with Gasteiger partial charge in [0, 0.05) is 36.4 Å². The highest BCUT2D eigenvalue weighted by Gasteiger charge is 2.21. The number of hydrogen-bond acceptors (Lipinski definition) is 9. The summed E-state index contributed by atoms with van der Waals surface area (Å²) in [4.78, 5) is 40.5. The van der Waals surface area contributed by atoms with Gasteiger partial charge in [0.1, 0.15) is 23.9 Å². The van der Waals surface area contributed by atoms with E-state index in [9.17, 15) is 14.4 Å². The second kappa shape index (κ2) is 17.1. The second-order valence-corrected chi connectivity index (χ2v) is 10.6. The first-order valence-corrected chi connectivity index (χ1v) is 15.0. The van der Waals surface area contributed by atoms with E-state index in [0.717, 1.165) is 22.5 Å². The zero-order chi connectivity index (χ0) is 32.0. The Labute approximate surface area is 263 Å². The zero-order valence-corrected chi connectivity index (χ0v) is 25.9. The predicted molar refractivity (Wildman–Crippen MR) is 172 cm³/mol. The van der Waals surface area contributed by atoms with Gasteiger partial charge < -0.3 is 40.2 Å². The Bertz CT molecular complexity index is 1450. The minimum absolute atomic E-state index is 0.0388. The number of aromatic nitrogens is 1. The van der Waals surface area contributed by atoms with Crippen LogP contribution in [-0.4, -0.2) is 81.5 Å². The van der Waals surface area contributed by atoms with Crippen molar-refractivity contribution in [3.05, 3.63) is 65.9 Å². The summed E-state index contributed by atoms with van der Waals surface area (Å²) in [6.45, 7) is 8.80. The lowest BCUT2D eigenvalue weighted by atomic mass is 9.99. The molecule has 0 saturated carbocycles. The fourth-order valence-corrected chi connectivity index (χ4v) is 4.54. The van der Waals surface area contributed by atoms with Crippen LogP contribution >= 0.6 is 0 Å². The van der Waals surface area contributed by atoms with Gasteiger partial charge in [-0.15, -0.1) is 0 Å². The van der Waals surface area contributed by atoms with Crippen molar-refractivity contribution < 1.29 is 33.3 Å². The largest absolute Gasteiger partial charge is 0.491 e. The molecule has 0 fully saturated rings. The molecule has 1 aliphatic heterocycles. The Hall–Kier alpha value is -4.52. The molecule has 3 amide bonds. The molecule has 0 unspecified atom stereocenters. The van der Waals surface area contributed by atoms with E-state index < -0.39 is 0 Å². The number of carbonyl (C=O) groups excluding carboxylic acids is 3. The van der Waals surface area contributed by atoms with Gasteiger partial charge in [-0.05, 0) is 73.5 Å². The molecule has 0 aliphatic carbocycles. The van der Waals surface area contributed by atoms with Crippen LogP contribution < -0.4 is 26.0 Å². The van der Waals surface area contributed by atoms with Crippen molar-refractivity contribution in [1.82, 2.24) is 10.3 Å². The quantitative estimate of drug-likeness (QED) is 0.156. The van der Waals surface area contributed by atoms with Gasteiger partial charge in [-0.2, -0.15) is 0 Å². The number of hydrogen-bond donors (Lipinski definition) is 4. The van der Waals surface area contributed by atoms with Gasteiger partial charge >= 0.3 is 0 Å². The number of pyridine rings is 1. The van der Waals surface area contributed by atoms with Crippen LogP contribution in [0, 0.1) is 0 Å². The Kier molecular flexibility index (Phi) is 12.7. The van der Waals surface area contributed by atoms with Gasteiger partial charge in [0.25, 0.3) is 5.91 Å². The first kappa shape index (κ1) is 33.4. The Morgan fingerprint density at radius 3 is 2.27 bits per heavy atom. The number of amides is 3. The summed E-state index contributed by atoms with van der Waals surface area (Å²) in [6.07, 6.45) is 0.318. The minimum Gasteiger partial charge on any atom is -0.491 e. The third kappa shape index (κ3) is 10.9. The Balaban J connectivity index is 1.10. The Morgan fingerprint density at radius 2 is 1.58 bits per heavy atom. The number of nitrogens with zero attached hydrogens (tertiary/aromatic N) is 1. The molecule has 0 atom stereocenters. The van der Waals surface area contributed by atoms with Crippen molar-refractivity contribution in [1.29, 1.82) is 0 Å². The molecule has 1 aromatic heterocycles. The van der Waals surface area contributed by atoms with Crippen molar-refractivity contribution in [3.63, 3.8) is 0 Å². The third-order valence-corrected chi connectivity index (χ3v) is 6.54. The number of rotatable bonds is 18. The van der Waals surface area contributed by atoms with E-state index in [2.05, 4.69) is 26.3 Å². The highest BCUT2D eigenvalue weighted by atomic mass is 16.6. The first-order valence-electron chi connectivity index (χ1n) is 15.0. The topological polar surface area (TPSA) is 149 Å². The molecule has 240 valence electrons. The summed E-state index contributed by atoms with van der Waals surface area (Å²) >= 11 is 0. The van der Waals surface area contributed by atoms with E-state index in [-0.39, 0.29) is 23.8 Å². The lowest BCUT2D eigenvalue weighted by Crippen LogP contribution is -2.31. The van der Waals surface area contributed by atoms with Crippen molar-refractivity contribution >= 4 is 34.9 Å². The zero-order valence-electron chi connectivity index (χ0n) is 25.9. The number of nitrogens with one attached hydrogen (secondary N) is 4. The van der Waals surface area contributed by atoms with Gasteiger partial charge in [0.15, 0.2) is 0 Å². The molecule has 4 rings (SSSR count). The van der Waals surface area contributed by atoms with E-state index >= 15 is 0 Å². The minimum atomic E-state index is -0.266. The molecular weight excluding hydrogens is 578 g/mol. The highest BCUT2D eigenvalue weighted by molar-refractivity contribution is 6.02. The lowest BCUT2D eigenvalue weighted by Gasteiger charge is -2.15. The summed E-state index contributed by atoms with van der Waals surface area (Å²) < 4.78 is 22.3. The number of ether oxygens (including phenoxy) is 4. The van der Waals surface area contributed by atoms with Gasteiger partial charge in [0.2, 0.25) is 11.8 Å². The van der Waals surface area contributed by atoms with Crippen molar-refractivity contribution in [2.24, 2.45) is 0 Å². The SMILES string of the molecule is CC(=O)Nc1ccc(OCCOCCOCCOCCNc2ccc(-c3ccc4c(c3)CC(=O)N4)c(C(=O)NC(C)C)n2)cc1. The second-order valence-electron chi connectivity index (χ2n) is 10.6. The van der Waals surface area contributed by atoms with Crippen molar-refractivity contribution in [2.45, 2.75) is 33.2 Å². The number of benzene rings is 2. The lowest BCUT2D eigenvalue weighted by molar-refractivity contribution is -0.115. The number of anilines is 3. The number of fused-ring (bicyclic) bond motifs is 1. The fourth-order valence-electron chi connectivity index (χ4n) is 4.54. The standard InChI is InChI=1S/C33H41N5O7/c1-22(2)35-33(41)32-28(24-4-10-29-25(20-24)21-31(40)37-29)9-11-30(38-32)34-12-13-42-14-15-43-16-17-44-18-19-45-27-7-5-26(6-8-27)36-23(3)39/h4-11,20,22H,12-19,21H2,1-3H3,(H,34,38)(H,35,41)(H,36,39)(H,37,40). The average molecular weight is 620 g/mol. The van der Waals surface area contributed by atoms with Crippen molar-refractivity contribution in [2.75, 3.05) is 68.7 Å². The summed E-state index contributed by atoms with van der Waals surface area (Å²) in [5.41, 5.74) is 4.25. The van der Waals surface area contributed by atoms with Crippen LogP contribution in [0.5, 0.6) is 5.75 Å². The smallest absolute Gasteiger partial charge is 0.270 e. The van der Waals surface area contributed by atoms with E-state index in [1.54, 1.807) is 24.3 Å². The molecule has 0 spiro atoms. The van der Waals surface area contributed by atoms with Crippen LogP contribution in [0.1, 0.15) is 36.8 Å². The van der Waals surface area contributed by atoms with Gasteiger partial charge in [-0.25, -0.2) is 4.98 Å². The maximum Gasteiger partial charge on any atom is 0.270 e. The molecule has 2 heterocycles. The molecule has 12 heteroatoms. The predicted octanol–water partition coefficient (Wildman–Crippen LogP) is 3.88. The summed E-state index contributed by atoms with van der Waals surface area (Å²) in [6, 6.07) is 16.5. The number of carbonyl (C=O) groups is 3. The van der Waals surface area contributed by atoms with Crippen LogP contribution in [0.15, 0.2) is 54.6 Å². The maximum absolute atomic E-state index is 13.0. The van der Waals surface area contributed by atoms with Crippen LogP contribution in [0.25, 0.3) is 11.1 Å². The van der Waals surface area contributed by atoms with E-state index in [1.165, 1.54) is 6.92 Å². The van der Waals surface area contributed by atoms with E-state index in [1.807, 2.05) is 44.2 Å². The molecule has 4 N–H and O–H groups in total. The Morgan fingerprint density at radius 1 is 0.889 bits per heavy atom. The van der Waals surface area contributed by atoms with Gasteiger partial charge in [-0.1, -0.05) is 6.07 Å². The maximum atomic E-state index is 13.0.